The summed E-state index contributed by atoms with van der Waals surface area (Å²) in [6.07, 6.45) is 7.00. The first kappa shape index (κ1) is 22.0. The maximum absolute atomic E-state index is 10.9. The number of aliphatic hydroxyl groups is 2. The topological polar surface area (TPSA) is 69.1 Å². The Kier molecular flexibility index (Phi) is 8.68. The van der Waals surface area contributed by atoms with Crippen LogP contribution in [0.5, 0.6) is 5.75 Å². The number of nitrogens with zero attached hydrogens (tertiary/aromatic N) is 3. The Labute approximate surface area is 174 Å². The van der Waals surface area contributed by atoms with E-state index in [1.165, 1.54) is 19.3 Å². The third kappa shape index (κ3) is 6.37. The zero-order valence-electron chi connectivity index (χ0n) is 17.6. The van der Waals surface area contributed by atoms with Crippen LogP contribution in [0.1, 0.15) is 43.8 Å². The summed E-state index contributed by atoms with van der Waals surface area (Å²) < 4.78 is 5.34. The van der Waals surface area contributed by atoms with Crippen molar-refractivity contribution in [3.63, 3.8) is 0 Å². The third-order valence-electron chi connectivity index (χ3n) is 5.87. The number of piperazine rings is 1. The van der Waals surface area contributed by atoms with Crippen LogP contribution in [0.4, 0.5) is 0 Å². The molecule has 0 spiro atoms. The number of aliphatic hydroxyl groups excluding tert-OH is 2. The Morgan fingerprint density at radius 2 is 1.72 bits per heavy atom. The van der Waals surface area contributed by atoms with E-state index in [0.29, 0.717) is 13.2 Å². The highest BCUT2D eigenvalue weighted by molar-refractivity contribution is 5.83. The highest BCUT2D eigenvalue weighted by atomic mass is 16.5. The Morgan fingerprint density at radius 3 is 2.48 bits per heavy atom. The molecule has 6 heteroatoms. The smallest absolute Gasteiger partial charge is 0.119 e. The third-order valence-corrected chi connectivity index (χ3v) is 5.87. The van der Waals surface area contributed by atoms with E-state index in [9.17, 15) is 5.11 Å². The molecule has 0 radical (unpaired) electrons. The van der Waals surface area contributed by atoms with Crippen LogP contribution in [0.2, 0.25) is 0 Å². The summed E-state index contributed by atoms with van der Waals surface area (Å²) >= 11 is 0. The quantitative estimate of drug-likeness (QED) is 0.565. The molecule has 2 aromatic rings. The molecule has 0 saturated carbocycles. The zero-order chi connectivity index (χ0) is 20.5. The normalized spacial score (nSPS) is 16.9. The van der Waals surface area contributed by atoms with Crippen LogP contribution in [-0.4, -0.2) is 78.0 Å². The van der Waals surface area contributed by atoms with E-state index in [0.717, 1.165) is 67.8 Å². The number of hydrogen-bond acceptors (Lipinski definition) is 6. The number of unbranched alkanes of at least 4 members (excludes halogenated alkanes) is 4. The second-order valence-electron chi connectivity index (χ2n) is 7.93. The first-order chi connectivity index (χ1) is 14.2. The van der Waals surface area contributed by atoms with Gasteiger partial charge >= 0.3 is 0 Å². The maximum Gasteiger partial charge on any atom is 0.119 e. The lowest BCUT2D eigenvalue weighted by molar-refractivity contribution is 0.0726. The molecule has 1 aromatic heterocycles. The number of β-amino-alcohol motifs (C(OH)–C–C–N with tert-alkyl or cyclic N) is 1. The van der Waals surface area contributed by atoms with Crippen LogP contribution in [0, 0.1) is 0 Å². The molecule has 160 valence electrons. The average Bonchev–Trinajstić information content (AvgIpc) is 2.76. The molecule has 1 atom stereocenters. The second kappa shape index (κ2) is 11.5. The summed E-state index contributed by atoms with van der Waals surface area (Å²) in [5.74, 6) is 0.781. The fraction of sp³-hybridized carbons (Fsp3) is 0.609. The Balaban J connectivity index is 1.46. The van der Waals surface area contributed by atoms with Gasteiger partial charge in [0, 0.05) is 50.9 Å². The molecule has 29 heavy (non-hydrogen) atoms. The van der Waals surface area contributed by atoms with Crippen LogP contribution >= 0.6 is 0 Å². The molecule has 1 saturated heterocycles. The van der Waals surface area contributed by atoms with Crippen LogP contribution < -0.4 is 4.74 Å². The first-order valence-electron chi connectivity index (χ1n) is 10.9. The zero-order valence-corrected chi connectivity index (χ0v) is 17.6. The molecular formula is C23H35N3O3. The molecule has 1 aliphatic rings. The minimum Gasteiger partial charge on any atom is -0.497 e. The van der Waals surface area contributed by atoms with Crippen LogP contribution in [0.3, 0.4) is 0 Å². The van der Waals surface area contributed by atoms with E-state index in [2.05, 4.69) is 14.8 Å². The van der Waals surface area contributed by atoms with E-state index < -0.39 is 6.10 Å². The molecular weight excluding hydrogens is 366 g/mol. The molecule has 1 aromatic carbocycles. The average molecular weight is 402 g/mol. The van der Waals surface area contributed by atoms with Gasteiger partial charge in [-0.2, -0.15) is 0 Å². The molecule has 1 fully saturated rings. The van der Waals surface area contributed by atoms with Crippen molar-refractivity contribution in [2.24, 2.45) is 0 Å². The van der Waals surface area contributed by atoms with Gasteiger partial charge in [-0.1, -0.05) is 19.3 Å². The molecule has 0 unspecified atom stereocenters. The summed E-state index contributed by atoms with van der Waals surface area (Å²) in [5, 5.41) is 20.7. The number of aromatic nitrogens is 1. The summed E-state index contributed by atoms with van der Waals surface area (Å²) in [6, 6.07) is 7.71. The number of methoxy groups -OCH3 is 1. The van der Waals surface area contributed by atoms with Gasteiger partial charge in [0.15, 0.2) is 0 Å². The lowest BCUT2D eigenvalue weighted by atomic mass is 10.0. The Bertz CT molecular complexity index is 747. The monoisotopic (exact) mass is 401 g/mol. The van der Waals surface area contributed by atoms with E-state index in [1.807, 2.05) is 24.3 Å². The number of fused-ring (bicyclic) bond motifs is 1. The predicted octanol–water partition coefficient (Wildman–Crippen LogP) is 2.84. The standard InChI is InChI=1S/C23H35N3O3/c1-29-19-7-8-22-21(17-19)20(9-10-24-22)23(28)18-26-14-12-25(13-15-26)11-5-3-2-4-6-16-27/h7-10,17,23,27-28H,2-6,11-16,18H2,1H3/t23-/m0/s1. The van der Waals surface area contributed by atoms with Crippen molar-refractivity contribution in [3.8, 4) is 5.75 Å². The van der Waals surface area contributed by atoms with Gasteiger partial charge in [0.1, 0.15) is 5.75 Å². The summed E-state index contributed by atoms with van der Waals surface area (Å²) in [4.78, 5) is 9.29. The van der Waals surface area contributed by atoms with Crippen molar-refractivity contribution in [3.05, 3.63) is 36.0 Å². The number of pyridine rings is 1. The number of rotatable bonds is 11. The largest absolute Gasteiger partial charge is 0.497 e. The van der Waals surface area contributed by atoms with Gasteiger partial charge in [-0.05, 0) is 49.2 Å². The van der Waals surface area contributed by atoms with E-state index in [-0.39, 0.29) is 0 Å². The maximum atomic E-state index is 10.9. The van der Waals surface area contributed by atoms with Crippen molar-refractivity contribution < 1.29 is 14.9 Å². The minimum atomic E-state index is -0.536. The van der Waals surface area contributed by atoms with Gasteiger partial charge in [0.25, 0.3) is 0 Å². The first-order valence-corrected chi connectivity index (χ1v) is 10.9. The number of hydrogen-bond donors (Lipinski definition) is 2. The molecule has 0 bridgehead atoms. The van der Waals surface area contributed by atoms with Crippen molar-refractivity contribution in [2.75, 3.05) is 53.0 Å². The van der Waals surface area contributed by atoms with Gasteiger partial charge < -0.3 is 19.8 Å². The van der Waals surface area contributed by atoms with E-state index >= 15 is 0 Å². The number of ether oxygens (including phenoxy) is 1. The summed E-state index contributed by atoms with van der Waals surface area (Å²) in [7, 11) is 1.66. The SMILES string of the molecule is COc1ccc2nccc([C@@H](O)CN3CCN(CCCCCCCO)CC3)c2c1. The predicted molar refractivity (Wildman–Crippen MR) is 116 cm³/mol. The highest BCUT2D eigenvalue weighted by Gasteiger charge is 2.21. The highest BCUT2D eigenvalue weighted by Crippen LogP contribution is 2.27. The molecule has 0 amide bonds. The fourth-order valence-electron chi connectivity index (χ4n) is 4.08. The molecule has 2 heterocycles. The lowest BCUT2D eigenvalue weighted by Crippen LogP contribution is -2.47. The van der Waals surface area contributed by atoms with Crippen LogP contribution in [-0.2, 0) is 0 Å². The number of benzene rings is 1. The van der Waals surface area contributed by atoms with Crippen LogP contribution in [0.25, 0.3) is 10.9 Å². The van der Waals surface area contributed by atoms with Gasteiger partial charge in [-0.25, -0.2) is 0 Å². The van der Waals surface area contributed by atoms with Crippen molar-refractivity contribution in [2.45, 2.75) is 38.2 Å². The van der Waals surface area contributed by atoms with Crippen molar-refractivity contribution >= 4 is 10.9 Å². The second-order valence-corrected chi connectivity index (χ2v) is 7.93. The van der Waals surface area contributed by atoms with Crippen molar-refractivity contribution in [1.82, 2.24) is 14.8 Å². The lowest BCUT2D eigenvalue weighted by Gasteiger charge is -2.35. The summed E-state index contributed by atoms with van der Waals surface area (Å²) in [6.45, 7) is 6.23. The van der Waals surface area contributed by atoms with E-state index in [4.69, 9.17) is 9.84 Å². The van der Waals surface area contributed by atoms with Gasteiger partial charge in [-0.3, -0.25) is 9.88 Å². The van der Waals surface area contributed by atoms with Gasteiger partial charge in [-0.15, -0.1) is 0 Å². The Hall–Kier alpha value is -1.73. The molecule has 3 rings (SSSR count). The molecule has 2 N–H and O–H groups in total. The fourth-order valence-corrected chi connectivity index (χ4v) is 4.08. The molecule has 6 nitrogen and oxygen atoms in total. The van der Waals surface area contributed by atoms with Gasteiger partial charge in [0.05, 0.1) is 18.7 Å². The van der Waals surface area contributed by atoms with Gasteiger partial charge in [0.2, 0.25) is 0 Å². The minimum absolute atomic E-state index is 0.316. The Morgan fingerprint density at radius 1 is 1.00 bits per heavy atom. The van der Waals surface area contributed by atoms with Crippen molar-refractivity contribution in [1.29, 1.82) is 0 Å². The molecule has 1 aliphatic heterocycles. The summed E-state index contributed by atoms with van der Waals surface area (Å²) in [5.41, 5.74) is 1.80. The molecule has 0 aliphatic carbocycles. The van der Waals surface area contributed by atoms with Crippen LogP contribution in [0.15, 0.2) is 30.5 Å². The van der Waals surface area contributed by atoms with E-state index in [1.54, 1.807) is 13.3 Å².